The zero-order valence-corrected chi connectivity index (χ0v) is 16.0. The molecule has 1 unspecified atom stereocenters. The van der Waals surface area contributed by atoms with Crippen molar-refractivity contribution in [2.45, 2.75) is 52.7 Å². The summed E-state index contributed by atoms with van der Waals surface area (Å²) in [6, 6.07) is 3.98. The van der Waals surface area contributed by atoms with Crippen LogP contribution in [0.4, 0.5) is 4.79 Å². The number of carbonyl (C=O) groups is 1. The normalized spacial score (nSPS) is 22.2. The van der Waals surface area contributed by atoms with Crippen LogP contribution in [0.3, 0.4) is 0 Å². The topological polar surface area (TPSA) is 41.6 Å². The van der Waals surface area contributed by atoms with Crippen molar-refractivity contribution in [2.24, 2.45) is 5.41 Å². The maximum atomic E-state index is 12.3. The fourth-order valence-electron chi connectivity index (χ4n) is 2.88. The van der Waals surface area contributed by atoms with Crippen LogP contribution in [0.2, 0.25) is 4.34 Å². The molecule has 1 atom stereocenters. The lowest BCUT2D eigenvalue weighted by molar-refractivity contribution is 0.00676. The SMILES string of the molecule is CC1(CNCc2ccc(Cl)s2)CCCN(C(=O)OC(C)(C)C)C1. The van der Waals surface area contributed by atoms with E-state index in [1.165, 1.54) is 4.88 Å². The highest BCUT2D eigenvalue weighted by Gasteiger charge is 2.34. The van der Waals surface area contributed by atoms with Crippen LogP contribution in [0.25, 0.3) is 0 Å². The third-order valence-corrected chi connectivity index (χ3v) is 5.14. The van der Waals surface area contributed by atoms with Crippen LogP contribution in [0.5, 0.6) is 0 Å². The van der Waals surface area contributed by atoms with Crippen molar-refractivity contribution in [3.05, 3.63) is 21.3 Å². The summed E-state index contributed by atoms with van der Waals surface area (Å²) in [5.41, 5.74) is -0.363. The molecular weight excluding hydrogens is 332 g/mol. The number of halogens is 1. The highest BCUT2D eigenvalue weighted by Crippen LogP contribution is 2.30. The van der Waals surface area contributed by atoms with Gasteiger partial charge in [-0.05, 0) is 51.2 Å². The Morgan fingerprint density at radius 1 is 1.48 bits per heavy atom. The number of amides is 1. The first-order valence-electron chi connectivity index (χ1n) is 8.10. The lowest BCUT2D eigenvalue weighted by Gasteiger charge is -2.41. The van der Waals surface area contributed by atoms with Crippen LogP contribution in [0.1, 0.15) is 45.4 Å². The number of thiophene rings is 1. The lowest BCUT2D eigenvalue weighted by Crippen LogP contribution is -2.50. The maximum absolute atomic E-state index is 12.3. The summed E-state index contributed by atoms with van der Waals surface area (Å²) in [6.07, 6.45) is 1.93. The average Bonchev–Trinajstić information content (AvgIpc) is 2.82. The van der Waals surface area contributed by atoms with Gasteiger partial charge in [-0.1, -0.05) is 18.5 Å². The molecule has 6 heteroatoms. The fourth-order valence-corrected chi connectivity index (χ4v) is 3.93. The summed E-state index contributed by atoms with van der Waals surface area (Å²) >= 11 is 7.56. The third kappa shape index (κ3) is 5.98. The van der Waals surface area contributed by atoms with Gasteiger partial charge in [0.1, 0.15) is 5.60 Å². The number of nitrogens with one attached hydrogen (secondary N) is 1. The van der Waals surface area contributed by atoms with Gasteiger partial charge >= 0.3 is 6.09 Å². The largest absolute Gasteiger partial charge is 0.444 e. The summed E-state index contributed by atoms with van der Waals surface area (Å²) in [6.45, 7) is 11.2. The minimum atomic E-state index is -0.443. The maximum Gasteiger partial charge on any atom is 0.410 e. The number of ether oxygens (including phenoxy) is 1. The van der Waals surface area contributed by atoms with Gasteiger partial charge in [0, 0.05) is 31.1 Å². The lowest BCUT2D eigenvalue weighted by atomic mass is 9.82. The second kappa shape index (κ2) is 7.41. The molecule has 0 aromatic carbocycles. The van der Waals surface area contributed by atoms with Crippen molar-refractivity contribution >= 4 is 29.0 Å². The molecule has 0 radical (unpaired) electrons. The summed E-state index contributed by atoms with van der Waals surface area (Å²) in [5.74, 6) is 0. The fraction of sp³-hybridized carbons (Fsp3) is 0.706. The molecule has 4 nitrogen and oxygen atoms in total. The van der Waals surface area contributed by atoms with E-state index in [0.29, 0.717) is 0 Å². The molecule has 1 amide bonds. The van der Waals surface area contributed by atoms with Crippen LogP contribution in [-0.4, -0.2) is 36.2 Å². The van der Waals surface area contributed by atoms with Gasteiger partial charge < -0.3 is 15.0 Å². The van der Waals surface area contributed by atoms with Crippen molar-refractivity contribution in [1.29, 1.82) is 0 Å². The molecule has 1 fully saturated rings. The monoisotopic (exact) mass is 358 g/mol. The molecule has 0 spiro atoms. The molecule has 2 rings (SSSR count). The van der Waals surface area contributed by atoms with E-state index in [1.807, 2.05) is 31.7 Å². The van der Waals surface area contributed by atoms with Gasteiger partial charge in [0.25, 0.3) is 0 Å². The minimum absolute atomic E-state index is 0.0796. The Hall–Kier alpha value is -0.780. The van der Waals surface area contributed by atoms with E-state index >= 15 is 0 Å². The predicted octanol–water partition coefficient (Wildman–Crippen LogP) is 4.53. The van der Waals surface area contributed by atoms with Crippen LogP contribution in [0.15, 0.2) is 12.1 Å². The van der Waals surface area contributed by atoms with Gasteiger partial charge in [-0.25, -0.2) is 4.79 Å². The molecular formula is C17H27ClN2O2S. The first-order valence-corrected chi connectivity index (χ1v) is 9.29. The van der Waals surface area contributed by atoms with Gasteiger partial charge in [0.2, 0.25) is 0 Å². The molecule has 130 valence electrons. The Morgan fingerprint density at radius 3 is 2.83 bits per heavy atom. The first-order chi connectivity index (χ1) is 10.7. The first kappa shape index (κ1) is 18.6. The quantitative estimate of drug-likeness (QED) is 0.859. The summed E-state index contributed by atoms with van der Waals surface area (Å²) in [5, 5.41) is 3.51. The highest BCUT2D eigenvalue weighted by atomic mass is 35.5. The Kier molecular flexibility index (Phi) is 5.98. The molecule has 1 aromatic heterocycles. The van der Waals surface area contributed by atoms with Crippen molar-refractivity contribution in [3.8, 4) is 0 Å². The number of piperidine rings is 1. The van der Waals surface area contributed by atoms with E-state index in [1.54, 1.807) is 11.3 Å². The average molecular weight is 359 g/mol. The Morgan fingerprint density at radius 2 is 2.22 bits per heavy atom. The number of rotatable bonds is 4. The number of likely N-dealkylation sites (tertiary alicyclic amines) is 1. The zero-order chi connectivity index (χ0) is 17.1. The molecule has 0 saturated carbocycles. The third-order valence-electron chi connectivity index (χ3n) is 3.91. The highest BCUT2D eigenvalue weighted by molar-refractivity contribution is 7.16. The predicted molar refractivity (Wildman–Crippen MR) is 96.2 cm³/mol. The molecule has 1 aliphatic rings. The molecule has 23 heavy (non-hydrogen) atoms. The summed E-state index contributed by atoms with van der Waals surface area (Å²) < 4.78 is 6.32. The van der Waals surface area contributed by atoms with Crippen molar-refractivity contribution < 1.29 is 9.53 Å². The Bertz CT molecular complexity index is 541. The summed E-state index contributed by atoms with van der Waals surface area (Å²) in [4.78, 5) is 15.4. The van der Waals surface area contributed by atoms with E-state index in [9.17, 15) is 4.79 Å². The Labute approximate surface area is 148 Å². The van der Waals surface area contributed by atoms with E-state index in [-0.39, 0.29) is 11.5 Å². The second-order valence-corrected chi connectivity index (χ2v) is 9.43. The van der Waals surface area contributed by atoms with Crippen LogP contribution >= 0.6 is 22.9 Å². The number of nitrogens with zero attached hydrogens (tertiary/aromatic N) is 1. The molecule has 1 N–H and O–H groups in total. The minimum Gasteiger partial charge on any atom is -0.444 e. The molecule has 0 aliphatic carbocycles. The van der Waals surface area contributed by atoms with Crippen LogP contribution in [0, 0.1) is 5.41 Å². The zero-order valence-electron chi connectivity index (χ0n) is 14.4. The smallest absolute Gasteiger partial charge is 0.410 e. The second-order valence-electron chi connectivity index (χ2n) is 7.63. The van der Waals surface area contributed by atoms with Gasteiger partial charge in [-0.15, -0.1) is 11.3 Å². The molecule has 1 saturated heterocycles. The van der Waals surface area contributed by atoms with Crippen molar-refractivity contribution in [1.82, 2.24) is 10.2 Å². The van der Waals surface area contributed by atoms with Gasteiger partial charge in [0.15, 0.2) is 0 Å². The number of hydrogen-bond acceptors (Lipinski definition) is 4. The van der Waals surface area contributed by atoms with E-state index in [4.69, 9.17) is 16.3 Å². The van der Waals surface area contributed by atoms with Gasteiger partial charge in [-0.2, -0.15) is 0 Å². The van der Waals surface area contributed by atoms with Crippen LogP contribution in [-0.2, 0) is 11.3 Å². The number of carbonyl (C=O) groups excluding carboxylic acids is 1. The van der Waals surface area contributed by atoms with Gasteiger partial charge in [-0.3, -0.25) is 0 Å². The molecule has 2 heterocycles. The standard InChI is InChI=1S/C17H27ClN2O2S/c1-16(2,3)22-15(21)20-9-5-8-17(4,12-20)11-19-10-13-6-7-14(18)23-13/h6-7,19H,5,8-12H2,1-4H3. The van der Waals surface area contributed by atoms with Crippen molar-refractivity contribution in [3.63, 3.8) is 0 Å². The van der Waals surface area contributed by atoms with Crippen molar-refractivity contribution in [2.75, 3.05) is 19.6 Å². The molecule has 1 aliphatic heterocycles. The van der Waals surface area contributed by atoms with Gasteiger partial charge in [0.05, 0.1) is 4.34 Å². The molecule has 0 bridgehead atoms. The van der Waals surface area contributed by atoms with E-state index in [0.717, 1.165) is 43.4 Å². The van der Waals surface area contributed by atoms with E-state index < -0.39 is 5.60 Å². The summed E-state index contributed by atoms with van der Waals surface area (Å²) in [7, 11) is 0. The van der Waals surface area contributed by atoms with E-state index in [2.05, 4.69) is 18.3 Å². The van der Waals surface area contributed by atoms with Crippen LogP contribution < -0.4 is 5.32 Å². The number of hydrogen-bond donors (Lipinski definition) is 1. The Balaban J connectivity index is 1.84. The molecule has 1 aromatic rings.